The number of rotatable bonds is 5. The quantitative estimate of drug-likeness (QED) is 0.769. The Kier molecular flexibility index (Phi) is 6.08. The van der Waals surface area contributed by atoms with E-state index in [4.69, 9.17) is 4.74 Å². The molecular weight excluding hydrogens is 378 g/mol. The van der Waals surface area contributed by atoms with Gasteiger partial charge in [0.15, 0.2) is 6.61 Å². The van der Waals surface area contributed by atoms with Gasteiger partial charge < -0.3 is 10.1 Å². The van der Waals surface area contributed by atoms with Gasteiger partial charge in [-0.25, -0.2) is 9.80 Å². The van der Waals surface area contributed by atoms with E-state index < -0.39 is 18.5 Å². The summed E-state index contributed by atoms with van der Waals surface area (Å²) in [5.74, 6) is -1.24. The molecule has 1 aliphatic heterocycles. The van der Waals surface area contributed by atoms with E-state index in [1.54, 1.807) is 0 Å². The minimum atomic E-state index is -0.680. The number of hydrogen-bond donors (Lipinski definition) is 1. The molecule has 0 radical (unpaired) electrons. The van der Waals surface area contributed by atoms with Gasteiger partial charge in [0.2, 0.25) is 5.91 Å². The molecule has 1 aromatic carbocycles. The van der Waals surface area contributed by atoms with Crippen LogP contribution in [0.5, 0.6) is 0 Å². The number of nitrogens with zero attached hydrogens (tertiary/aromatic N) is 2. The molecule has 0 saturated heterocycles. The van der Waals surface area contributed by atoms with Crippen LogP contribution >= 0.6 is 15.9 Å². The summed E-state index contributed by atoms with van der Waals surface area (Å²) in [6.45, 7) is 1.45. The summed E-state index contributed by atoms with van der Waals surface area (Å²) in [4.78, 5) is 35.1. The summed E-state index contributed by atoms with van der Waals surface area (Å²) in [7, 11) is 1.47. The Morgan fingerprint density at radius 1 is 1.33 bits per heavy atom. The topological polar surface area (TPSA) is 88.1 Å². The third-order valence-electron chi connectivity index (χ3n) is 3.52. The molecule has 1 aromatic rings. The summed E-state index contributed by atoms with van der Waals surface area (Å²) in [5.41, 5.74) is 1.08. The van der Waals surface area contributed by atoms with E-state index in [0.29, 0.717) is 0 Å². The van der Waals surface area contributed by atoms with Crippen molar-refractivity contribution in [3.8, 4) is 0 Å². The van der Waals surface area contributed by atoms with Crippen molar-refractivity contribution in [3.63, 3.8) is 0 Å². The normalized spacial score (nSPS) is 15.5. The van der Waals surface area contributed by atoms with Crippen LogP contribution in [0.15, 0.2) is 33.8 Å². The fourth-order valence-electron chi connectivity index (χ4n) is 2.15. The SMILES string of the molecule is CC(NC(=O)COC(=O)C1=NN(C)C(=O)CC1)c1ccc(Br)cc1. The smallest absolute Gasteiger partial charge is 0.355 e. The number of benzene rings is 1. The van der Waals surface area contributed by atoms with Gasteiger partial charge in [-0.05, 0) is 24.6 Å². The highest BCUT2D eigenvalue weighted by Gasteiger charge is 2.23. The molecule has 1 heterocycles. The lowest BCUT2D eigenvalue weighted by atomic mass is 10.1. The van der Waals surface area contributed by atoms with Crippen LogP contribution in [0.3, 0.4) is 0 Å². The maximum Gasteiger partial charge on any atom is 0.355 e. The van der Waals surface area contributed by atoms with Crippen LogP contribution in [0.2, 0.25) is 0 Å². The van der Waals surface area contributed by atoms with Crippen LogP contribution in [0.4, 0.5) is 0 Å². The second-order valence-electron chi connectivity index (χ2n) is 5.38. The maximum atomic E-state index is 11.9. The Balaban J connectivity index is 1.82. The van der Waals surface area contributed by atoms with E-state index >= 15 is 0 Å². The summed E-state index contributed by atoms with van der Waals surface area (Å²) >= 11 is 3.35. The standard InChI is InChI=1S/C16H18BrN3O4/c1-10(11-3-5-12(17)6-4-11)18-14(21)9-24-16(23)13-7-8-15(22)20(2)19-13/h3-6,10H,7-9H2,1-2H3,(H,18,21). The molecule has 0 spiro atoms. The number of carbonyl (C=O) groups excluding carboxylic acids is 3. The van der Waals surface area contributed by atoms with Crippen LogP contribution in [0.25, 0.3) is 0 Å². The molecule has 24 heavy (non-hydrogen) atoms. The van der Waals surface area contributed by atoms with E-state index in [9.17, 15) is 14.4 Å². The number of nitrogens with one attached hydrogen (secondary N) is 1. The zero-order valence-corrected chi connectivity index (χ0v) is 15.0. The third kappa shape index (κ3) is 4.89. The number of amides is 2. The summed E-state index contributed by atoms with van der Waals surface area (Å²) in [6.07, 6.45) is 0.427. The number of halogens is 1. The fourth-order valence-corrected chi connectivity index (χ4v) is 2.41. The number of hydrogen-bond acceptors (Lipinski definition) is 5. The number of esters is 1. The molecule has 2 rings (SSSR count). The molecular formula is C16H18BrN3O4. The van der Waals surface area contributed by atoms with Gasteiger partial charge in [-0.3, -0.25) is 9.59 Å². The minimum Gasteiger partial charge on any atom is -0.451 e. The lowest BCUT2D eigenvalue weighted by Gasteiger charge is -2.18. The highest BCUT2D eigenvalue weighted by Crippen LogP contribution is 2.16. The molecule has 1 atom stereocenters. The molecule has 1 aliphatic rings. The zero-order chi connectivity index (χ0) is 17.7. The van der Waals surface area contributed by atoms with Crippen LogP contribution < -0.4 is 5.32 Å². The summed E-state index contributed by atoms with van der Waals surface area (Å²) in [6, 6.07) is 7.35. The Labute approximate surface area is 148 Å². The van der Waals surface area contributed by atoms with Gasteiger partial charge in [0.1, 0.15) is 5.71 Å². The molecule has 1 N–H and O–H groups in total. The Bertz CT molecular complexity index is 672. The first kappa shape index (κ1) is 18.1. The molecule has 0 fully saturated rings. The zero-order valence-electron chi connectivity index (χ0n) is 13.4. The summed E-state index contributed by atoms with van der Waals surface area (Å²) < 4.78 is 5.91. The van der Waals surface area contributed by atoms with Gasteiger partial charge in [0.25, 0.3) is 5.91 Å². The highest BCUT2D eigenvalue weighted by molar-refractivity contribution is 9.10. The minimum absolute atomic E-state index is 0.144. The van der Waals surface area contributed by atoms with Gasteiger partial charge in [-0.15, -0.1) is 0 Å². The molecule has 8 heteroatoms. The predicted octanol–water partition coefficient (Wildman–Crippen LogP) is 1.78. The molecule has 0 bridgehead atoms. The molecule has 1 unspecified atom stereocenters. The van der Waals surface area contributed by atoms with Gasteiger partial charge in [0, 0.05) is 24.4 Å². The van der Waals surface area contributed by atoms with Gasteiger partial charge in [-0.1, -0.05) is 28.1 Å². The number of carbonyl (C=O) groups is 3. The lowest BCUT2D eigenvalue weighted by molar-refractivity contribution is -0.142. The van der Waals surface area contributed by atoms with Crippen molar-refractivity contribution in [1.29, 1.82) is 0 Å². The van der Waals surface area contributed by atoms with Crippen molar-refractivity contribution < 1.29 is 19.1 Å². The number of ether oxygens (including phenoxy) is 1. The number of hydrazone groups is 1. The van der Waals surface area contributed by atoms with Gasteiger partial charge >= 0.3 is 5.97 Å². The van der Waals surface area contributed by atoms with E-state index in [-0.39, 0.29) is 30.5 Å². The average molecular weight is 396 g/mol. The highest BCUT2D eigenvalue weighted by atomic mass is 79.9. The van der Waals surface area contributed by atoms with Crippen molar-refractivity contribution in [1.82, 2.24) is 10.3 Å². The van der Waals surface area contributed by atoms with Crippen LogP contribution in [0, 0.1) is 0 Å². The predicted molar refractivity (Wildman–Crippen MR) is 91.1 cm³/mol. The molecule has 7 nitrogen and oxygen atoms in total. The van der Waals surface area contributed by atoms with Crippen molar-refractivity contribution in [2.75, 3.05) is 13.7 Å². The Morgan fingerprint density at radius 3 is 2.62 bits per heavy atom. The van der Waals surface area contributed by atoms with Crippen LogP contribution in [0.1, 0.15) is 31.4 Å². The monoisotopic (exact) mass is 395 g/mol. The largest absolute Gasteiger partial charge is 0.451 e. The van der Waals surface area contributed by atoms with Crippen molar-refractivity contribution in [3.05, 3.63) is 34.3 Å². The van der Waals surface area contributed by atoms with E-state index in [1.165, 1.54) is 7.05 Å². The Morgan fingerprint density at radius 2 is 2.00 bits per heavy atom. The van der Waals surface area contributed by atoms with E-state index in [2.05, 4.69) is 26.3 Å². The van der Waals surface area contributed by atoms with E-state index in [1.807, 2.05) is 31.2 Å². The molecule has 0 saturated carbocycles. The molecule has 2 amide bonds. The van der Waals surface area contributed by atoms with Crippen molar-refractivity contribution >= 4 is 39.4 Å². The first-order valence-corrected chi connectivity index (χ1v) is 8.22. The summed E-state index contributed by atoms with van der Waals surface area (Å²) in [5, 5.41) is 7.71. The van der Waals surface area contributed by atoms with Crippen LogP contribution in [-0.4, -0.2) is 42.2 Å². The molecule has 0 aromatic heterocycles. The van der Waals surface area contributed by atoms with Gasteiger partial charge in [0.05, 0.1) is 6.04 Å². The Hall–Kier alpha value is -2.22. The average Bonchev–Trinajstić information content (AvgIpc) is 2.55. The molecule has 0 aliphatic carbocycles. The van der Waals surface area contributed by atoms with E-state index in [0.717, 1.165) is 15.0 Å². The van der Waals surface area contributed by atoms with Crippen LogP contribution in [-0.2, 0) is 19.1 Å². The first-order valence-electron chi connectivity index (χ1n) is 7.43. The van der Waals surface area contributed by atoms with Crippen molar-refractivity contribution in [2.24, 2.45) is 5.10 Å². The second kappa shape index (κ2) is 8.05. The van der Waals surface area contributed by atoms with Gasteiger partial charge in [-0.2, -0.15) is 5.10 Å². The maximum absolute atomic E-state index is 11.9. The third-order valence-corrected chi connectivity index (χ3v) is 4.05. The first-order chi connectivity index (χ1) is 11.4. The second-order valence-corrected chi connectivity index (χ2v) is 6.30. The molecule has 128 valence electrons. The van der Waals surface area contributed by atoms with Crippen molar-refractivity contribution in [2.45, 2.75) is 25.8 Å². The fraction of sp³-hybridized carbons (Fsp3) is 0.375. The lowest BCUT2D eigenvalue weighted by Crippen LogP contribution is -2.35.